The Balaban J connectivity index is 0.000000704. The van der Waals surface area contributed by atoms with Crippen molar-refractivity contribution in [1.29, 1.82) is 0 Å². The first-order valence-electron chi connectivity index (χ1n) is 8.07. The maximum atomic E-state index is 5.68. The number of likely N-dealkylation sites (tertiary alicyclic amines) is 1. The third-order valence-electron chi connectivity index (χ3n) is 5.16. The molecule has 3 rings (SSSR count). The Labute approximate surface area is 140 Å². The predicted molar refractivity (Wildman–Crippen MR) is 94.1 cm³/mol. The number of hydrogen-bond acceptors (Lipinski definition) is 4. The second-order valence-corrected chi connectivity index (χ2v) is 7.48. The van der Waals surface area contributed by atoms with Gasteiger partial charge in [-0.25, -0.2) is 0 Å². The summed E-state index contributed by atoms with van der Waals surface area (Å²) in [6.45, 7) is 8.52. The molecule has 0 unspecified atom stereocenters. The van der Waals surface area contributed by atoms with Crippen molar-refractivity contribution < 1.29 is 8.92 Å². The zero-order valence-corrected chi connectivity index (χ0v) is 15.7. The molecule has 0 aromatic heterocycles. The molecular formula is C15H28INO2S. The maximum Gasteiger partial charge on any atom is 0.0732 e. The van der Waals surface area contributed by atoms with Crippen molar-refractivity contribution in [3.05, 3.63) is 0 Å². The summed E-state index contributed by atoms with van der Waals surface area (Å²) in [6, 6.07) is 0.734. The fourth-order valence-electron chi connectivity index (χ4n) is 3.65. The number of rotatable bonds is 3. The van der Waals surface area contributed by atoms with Crippen LogP contribution in [0, 0.1) is 5.41 Å². The number of hydrogen-bond donors (Lipinski definition) is 0. The van der Waals surface area contributed by atoms with Crippen LogP contribution in [0.4, 0.5) is 0 Å². The van der Waals surface area contributed by atoms with E-state index >= 15 is 0 Å². The fourth-order valence-corrected chi connectivity index (χ4v) is 4.83. The van der Waals surface area contributed by atoms with Crippen LogP contribution in [0.1, 0.15) is 52.4 Å². The van der Waals surface area contributed by atoms with Crippen LogP contribution in [0.25, 0.3) is 0 Å². The van der Waals surface area contributed by atoms with Crippen LogP contribution >= 0.6 is 30.4 Å². The molecular weight excluding hydrogens is 385 g/mol. The highest BCUT2D eigenvalue weighted by molar-refractivity contribution is 14.2. The van der Waals surface area contributed by atoms with Crippen LogP contribution in [0.3, 0.4) is 0 Å². The summed E-state index contributed by atoms with van der Waals surface area (Å²) in [6.07, 6.45) is 8.59. The Kier molecular flexibility index (Phi) is 7.41. The van der Waals surface area contributed by atoms with E-state index in [1.54, 1.807) is 0 Å². The van der Waals surface area contributed by atoms with Crippen molar-refractivity contribution in [3.63, 3.8) is 0 Å². The molecule has 2 heterocycles. The third-order valence-corrected chi connectivity index (χ3v) is 6.13. The van der Waals surface area contributed by atoms with E-state index in [2.05, 4.69) is 26.1 Å². The normalized spacial score (nSPS) is 27.8. The lowest BCUT2D eigenvalue weighted by atomic mass is 9.67. The molecule has 3 nitrogen and oxygen atoms in total. The van der Waals surface area contributed by atoms with Gasteiger partial charge in [0.15, 0.2) is 0 Å². The molecule has 2 saturated heterocycles. The van der Waals surface area contributed by atoms with Crippen molar-refractivity contribution in [2.45, 2.75) is 64.5 Å². The van der Waals surface area contributed by atoms with Gasteiger partial charge in [0.25, 0.3) is 0 Å². The van der Waals surface area contributed by atoms with Gasteiger partial charge < -0.3 is 8.92 Å². The van der Waals surface area contributed by atoms with E-state index in [1.807, 2.05) is 13.8 Å². The summed E-state index contributed by atoms with van der Waals surface area (Å²) in [5.74, 6) is 0. The molecule has 0 radical (unpaired) electrons. The molecule has 0 aromatic carbocycles. The minimum absolute atomic E-state index is 0.510. The lowest BCUT2D eigenvalue weighted by Crippen LogP contribution is -2.53. The Morgan fingerprint density at radius 2 is 1.70 bits per heavy atom. The Morgan fingerprint density at radius 3 is 2.15 bits per heavy atom. The molecule has 1 saturated carbocycles. The van der Waals surface area contributed by atoms with Crippen LogP contribution in [0.5, 0.6) is 0 Å². The molecule has 20 heavy (non-hydrogen) atoms. The van der Waals surface area contributed by atoms with Crippen molar-refractivity contribution in [1.82, 2.24) is 4.90 Å². The minimum Gasteiger partial charge on any atom is -0.378 e. The molecule has 0 atom stereocenters. The quantitative estimate of drug-likeness (QED) is 0.504. The van der Waals surface area contributed by atoms with Gasteiger partial charge in [0.05, 0.1) is 34.6 Å². The average Bonchev–Trinajstić information content (AvgIpc) is 2.45. The number of nitrogens with zero attached hydrogens (tertiary/aromatic N) is 1. The van der Waals surface area contributed by atoms with Crippen molar-refractivity contribution in [3.8, 4) is 0 Å². The molecule has 2 aliphatic heterocycles. The molecule has 0 amide bonds. The fraction of sp³-hybridized carbons (Fsp3) is 1.00. The highest BCUT2D eigenvalue weighted by Gasteiger charge is 2.40. The van der Waals surface area contributed by atoms with Gasteiger partial charge in [0.2, 0.25) is 0 Å². The molecule has 3 aliphatic rings. The van der Waals surface area contributed by atoms with Gasteiger partial charge in [-0.15, -0.1) is 0 Å². The average molecular weight is 413 g/mol. The predicted octanol–water partition coefficient (Wildman–Crippen LogP) is 4.45. The van der Waals surface area contributed by atoms with Gasteiger partial charge in [-0.2, -0.15) is 0 Å². The van der Waals surface area contributed by atoms with Gasteiger partial charge >= 0.3 is 0 Å². The molecule has 3 fully saturated rings. The van der Waals surface area contributed by atoms with E-state index in [4.69, 9.17) is 8.92 Å². The summed E-state index contributed by atoms with van der Waals surface area (Å²) in [5.41, 5.74) is 0.650. The zero-order valence-electron chi connectivity index (χ0n) is 12.8. The molecule has 118 valence electrons. The molecule has 0 aromatic rings. The summed E-state index contributed by atoms with van der Waals surface area (Å²) >= 11 is 2.23. The summed E-state index contributed by atoms with van der Waals surface area (Å²) in [4.78, 5) is 2.65. The van der Waals surface area contributed by atoms with Gasteiger partial charge in [-0.3, -0.25) is 4.90 Å². The number of piperidine rings is 1. The second kappa shape index (κ2) is 8.56. The largest absolute Gasteiger partial charge is 0.378 e. The maximum absolute atomic E-state index is 5.68. The van der Waals surface area contributed by atoms with Crippen LogP contribution in [0.2, 0.25) is 0 Å². The number of halogens is 1. The first-order valence-corrected chi connectivity index (χ1v) is 11.4. The van der Waals surface area contributed by atoms with E-state index in [-0.39, 0.29) is 0 Å². The van der Waals surface area contributed by atoms with E-state index < -0.39 is 0 Å². The van der Waals surface area contributed by atoms with Crippen LogP contribution < -0.4 is 0 Å². The third kappa shape index (κ3) is 4.24. The molecule has 0 bridgehead atoms. The summed E-state index contributed by atoms with van der Waals surface area (Å²) < 4.78 is 11.0. The first kappa shape index (κ1) is 17.3. The lowest BCUT2D eigenvalue weighted by Gasteiger charge is -2.48. The molecule has 5 heteroatoms. The van der Waals surface area contributed by atoms with E-state index in [0.29, 0.717) is 11.5 Å². The summed E-state index contributed by atoms with van der Waals surface area (Å²) in [7, 11) is 1.51. The summed E-state index contributed by atoms with van der Waals surface area (Å²) in [5, 5.41) is 0. The first-order chi connectivity index (χ1) is 9.81. The molecule has 0 N–H and O–H groups in total. The SMILES string of the molecule is CC.ISOC1CCC2(CC1)CCN(C1COC1)CC2. The van der Waals surface area contributed by atoms with Gasteiger partial charge in [-0.1, -0.05) is 13.8 Å². The highest BCUT2D eigenvalue weighted by atomic mass is 127. The topological polar surface area (TPSA) is 21.7 Å². The molecule has 1 aliphatic carbocycles. The van der Waals surface area contributed by atoms with Crippen molar-refractivity contribution in [2.24, 2.45) is 5.41 Å². The van der Waals surface area contributed by atoms with Crippen molar-refractivity contribution >= 4 is 30.4 Å². The lowest BCUT2D eigenvalue weighted by molar-refractivity contribution is -0.0868. The highest BCUT2D eigenvalue weighted by Crippen LogP contribution is 2.46. The second-order valence-electron chi connectivity index (χ2n) is 6.09. The van der Waals surface area contributed by atoms with Crippen LogP contribution in [-0.2, 0) is 8.92 Å². The Hall–Kier alpha value is 0.960. The van der Waals surface area contributed by atoms with E-state index in [9.17, 15) is 0 Å². The Bertz CT molecular complexity index is 271. The molecule has 1 spiro atoms. The Morgan fingerprint density at radius 1 is 1.10 bits per heavy atom. The monoisotopic (exact) mass is 413 g/mol. The van der Waals surface area contributed by atoms with Crippen molar-refractivity contribution in [2.75, 3.05) is 26.3 Å². The standard InChI is InChI=1S/C13H22INO2S.C2H6/c14-18-17-12-1-3-13(4-2-12)5-7-15(8-6-13)11-9-16-10-11;1-2/h11-12H,1-10H2;1-2H3. The van der Waals surface area contributed by atoms with Gasteiger partial charge in [0.1, 0.15) is 0 Å². The van der Waals surface area contributed by atoms with Gasteiger partial charge in [-0.05, 0) is 57.0 Å². The zero-order chi connectivity index (χ0) is 14.4. The van der Waals surface area contributed by atoms with Crippen LogP contribution in [0.15, 0.2) is 0 Å². The van der Waals surface area contributed by atoms with E-state index in [1.165, 1.54) is 60.8 Å². The smallest absolute Gasteiger partial charge is 0.0732 e. The minimum atomic E-state index is 0.510. The number of ether oxygens (including phenoxy) is 1. The van der Waals surface area contributed by atoms with E-state index in [0.717, 1.165) is 19.3 Å². The van der Waals surface area contributed by atoms with Crippen LogP contribution in [-0.4, -0.2) is 43.3 Å². The van der Waals surface area contributed by atoms with Gasteiger partial charge in [0, 0.05) is 21.2 Å².